The lowest BCUT2D eigenvalue weighted by molar-refractivity contribution is 0.420. The summed E-state index contributed by atoms with van der Waals surface area (Å²) in [5.74, 6) is 0. The molecule has 4 nitrogen and oxygen atoms in total. The standard InChI is InChI=1S/C13H14BrClN2O2S2/c1-3-17(8-10-6-4-5-9(2)16-10)21(18,19)12-7-11(15)13(14)20-12/h4-7H,3,8H2,1-2H3. The molecule has 2 rings (SSSR count). The summed E-state index contributed by atoms with van der Waals surface area (Å²) in [4.78, 5) is 4.35. The van der Waals surface area contributed by atoms with E-state index in [4.69, 9.17) is 11.6 Å². The topological polar surface area (TPSA) is 50.3 Å². The van der Waals surface area contributed by atoms with Gasteiger partial charge < -0.3 is 0 Å². The van der Waals surface area contributed by atoms with Crippen molar-refractivity contribution in [1.29, 1.82) is 0 Å². The lowest BCUT2D eigenvalue weighted by Gasteiger charge is -2.19. The van der Waals surface area contributed by atoms with Crippen molar-refractivity contribution in [2.45, 2.75) is 24.6 Å². The Kier molecular flexibility index (Phi) is 5.43. The van der Waals surface area contributed by atoms with E-state index in [1.807, 2.05) is 25.1 Å². The SMILES string of the molecule is CCN(Cc1cccc(C)n1)S(=O)(=O)c1cc(Cl)c(Br)s1. The molecule has 0 saturated heterocycles. The van der Waals surface area contributed by atoms with Gasteiger partial charge in [-0.25, -0.2) is 8.42 Å². The van der Waals surface area contributed by atoms with E-state index in [1.54, 1.807) is 6.92 Å². The number of hydrogen-bond acceptors (Lipinski definition) is 4. The zero-order valence-electron chi connectivity index (χ0n) is 11.5. The first-order chi connectivity index (χ1) is 9.84. The van der Waals surface area contributed by atoms with Crippen molar-refractivity contribution in [3.8, 4) is 0 Å². The van der Waals surface area contributed by atoms with Crippen LogP contribution in [0.1, 0.15) is 18.3 Å². The van der Waals surface area contributed by atoms with Crippen molar-refractivity contribution in [2.75, 3.05) is 6.54 Å². The first-order valence-corrected chi connectivity index (χ1v) is 9.65. The Labute approximate surface area is 141 Å². The zero-order chi connectivity index (χ0) is 15.6. The highest BCUT2D eigenvalue weighted by Crippen LogP contribution is 2.36. The summed E-state index contributed by atoms with van der Waals surface area (Å²) in [6.45, 7) is 4.29. The van der Waals surface area contributed by atoms with Crippen molar-refractivity contribution >= 4 is 48.9 Å². The van der Waals surface area contributed by atoms with Crippen LogP contribution in [0.25, 0.3) is 0 Å². The Hall–Kier alpha value is -0.470. The van der Waals surface area contributed by atoms with Gasteiger partial charge in [-0.1, -0.05) is 24.6 Å². The van der Waals surface area contributed by atoms with E-state index < -0.39 is 10.0 Å². The van der Waals surface area contributed by atoms with E-state index in [0.29, 0.717) is 15.4 Å². The quantitative estimate of drug-likeness (QED) is 0.747. The van der Waals surface area contributed by atoms with Gasteiger partial charge in [0.25, 0.3) is 10.0 Å². The molecule has 0 aliphatic carbocycles. The lowest BCUT2D eigenvalue weighted by Crippen LogP contribution is -2.30. The molecule has 0 aliphatic rings. The highest BCUT2D eigenvalue weighted by Gasteiger charge is 2.26. The van der Waals surface area contributed by atoms with Gasteiger partial charge >= 0.3 is 0 Å². The second-order valence-corrected chi connectivity index (χ2v) is 9.33. The molecule has 0 fully saturated rings. The fraction of sp³-hybridized carbons (Fsp3) is 0.308. The molecule has 2 aromatic heterocycles. The molecule has 0 radical (unpaired) electrons. The highest BCUT2D eigenvalue weighted by molar-refractivity contribution is 9.11. The van der Waals surface area contributed by atoms with Gasteiger partial charge in [0.15, 0.2) is 0 Å². The highest BCUT2D eigenvalue weighted by atomic mass is 79.9. The smallest absolute Gasteiger partial charge is 0.252 e. The van der Waals surface area contributed by atoms with Gasteiger partial charge in [0.05, 0.1) is 21.0 Å². The molecular formula is C13H14BrClN2O2S2. The Bertz CT molecular complexity index is 727. The maximum absolute atomic E-state index is 12.6. The average Bonchev–Trinajstić information content (AvgIpc) is 2.76. The van der Waals surface area contributed by atoms with E-state index >= 15 is 0 Å². The molecule has 0 bridgehead atoms. The third-order valence-corrected chi connectivity index (χ3v) is 7.70. The molecule has 8 heteroatoms. The normalized spacial score (nSPS) is 12.0. The number of thiophene rings is 1. The summed E-state index contributed by atoms with van der Waals surface area (Å²) in [7, 11) is -3.57. The monoisotopic (exact) mass is 408 g/mol. The summed E-state index contributed by atoms with van der Waals surface area (Å²) in [6.07, 6.45) is 0. The van der Waals surface area contributed by atoms with Gasteiger partial charge in [0.1, 0.15) is 4.21 Å². The minimum absolute atomic E-state index is 0.230. The summed E-state index contributed by atoms with van der Waals surface area (Å²) >= 11 is 10.3. The zero-order valence-corrected chi connectivity index (χ0v) is 15.5. The molecule has 0 saturated carbocycles. The van der Waals surface area contributed by atoms with Crippen molar-refractivity contribution in [3.05, 3.63) is 44.5 Å². The summed E-state index contributed by atoms with van der Waals surface area (Å²) in [5.41, 5.74) is 1.59. The number of hydrogen-bond donors (Lipinski definition) is 0. The number of pyridine rings is 1. The summed E-state index contributed by atoms with van der Waals surface area (Å²) < 4.78 is 27.5. The van der Waals surface area contributed by atoms with Crippen molar-refractivity contribution in [2.24, 2.45) is 0 Å². The predicted molar refractivity (Wildman–Crippen MR) is 89.3 cm³/mol. The number of aromatic nitrogens is 1. The molecule has 0 unspecified atom stereocenters. The van der Waals surface area contributed by atoms with Gasteiger partial charge in [0, 0.05) is 12.2 Å². The van der Waals surface area contributed by atoms with Crippen molar-refractivity contribution < 1.29 is 8.42 Å². The first kappa shape index (κ1) is 16.9. The van der Waals surface area contributed by atoms with Crippen LogP contribution < -0.4 is 0 Å². The van der Waals surface area contributed by atoms with Crippen LogP contribution >= 0.6 is 38.9 Å². The van der Waals surface area contributed by atoms with E-state index in [0.717, 1.165) is 22.7 Å². The fourth-order valence-corrected chi connectivity index (χ4v) is 5.79. The van der Waals surface area contributed by atoms with Crippen LogP contribution in [-0.4, -0.2) is 24.3 Å². The molecular weight excluding hydrogens is 396 g/mol. The molecule has 0 spiro atoms. The molecule has 2 aromatic rings. The Morgan fingerprint density at radius 1 is 1.43 bits per heavy atom. The lowest BCUT2D eigenvalue weighted by atomic mass is 10.3. The third kappa shape index (κ3) is 3.84. The second-order valence-electron chi connectivity index (χ2n) is 4.39. The Morgan fingerprint density at radius 2 is 2.14 bits per heavy atom. The molecule has 0 atom stereocenters. The number of nitrogens with zero attached hydrogens (tertiary/aromatic N) is 2. The number of sulfonamides is 1. The van der Waals surface area contributed by atoms with E-state index in [-0.39, 0.29) is 10.8 Å². The Balaban J connectivity index is 2.31. The average molecular weight is 410 g/mol. The Morgan fingerprint density at radius 3 is 2.67 bits per heavy atom. The number of aryl methyl sites for hydroxylation is 1. The van der Waals surface area contributed by atoms with Crippen molar-refractivity contribution in [3.63, 3.8) is 0 Å². The molecule has 21 heavy (non-hydrogen) atoms. The van der Waals surface area contributed by atoms with Crippen LogP contribution in [0.3, 0.4) is 0 Å². The largest absolute Gasteiger partial charge is 0.257 e. The molecule has 114 valence electrons. The summed E-state index contributed by atoms with van der Waals surface area (Å²) in [5, 5.41) is 0.406. The van der Waals surface area contributed by atoms with Gasteiger partial charge in [-0.3, -0.25) is 4.98 Å². The first-order valence-electron chi connectivity index (χ1n) is 6.22. The minimum Gasteiger partial charge on any atom is -0.257 e. The molecule has 2 heterocycles. The van der Waals surface area contributed by atoms with Crippen LogP contribution in [0.15, 0.2) is 32.3 Å². The van der Waals surface area contributed by atoms with Gasteiger partial charge in [-0.2, -0.15) is 4.31 Å². The molecule has 0 aromatic carbocycles. The van der Waals surface area contributed by atoms with Crippen LogP contribution in [-0.2, 0) is 16.6 Å². The van der Waals surface area contributed by atoms with Crippen LogP contribution in [0.4, 0.5) is 0 Å². The fourth-order valence-electron chi connectivity index (χ4n) is 1.82. The van der Waals surface area contributed by atoms with Gasteiger partial charge in [-0.05, 0) is 41.1 Å². The van der Waals surface area contributed by atoms with E-state index in [9.17, 15) is 8.42 Å². The van der Waals surface area contributed by atoms with Gasteiger partial charge in [-0.15, -0.1) is 11.3 Å². The molecule has 0 aliphatic heterocycles. The molecule has 0 amide bonds. The minimum atomic E-state index is -3.57. The van der Waals surface area contributed by atoms with E-state index in [1.165, 1.54) is 10.4 Å². The van der Waals surface area contributed by atoms with Gasteiger partial charge in [0.2, 0.25) is 0 Å². The summed E-state index contributed by atoms with van der Waals surface area (Å²) in [6, 6.07) is 7.04. The van der Waals surface area contributed by atoms with Crippen molar-refractivity contribution in [1.82, 2.24) is 9.29 Å². The number of halogens is 2. The van der Waals surface area contributed by atoms with Crippen LogP contribution in [0.2, 0.25) is 5.02 Å². The third-order valence-electron chi connectivity index (χ3n) is 2.85. The van der Waals surface area contributed by atoms with E-state index in [2.05, 4.69) is 20.9 Å². The predicted octanol–water partition coefficient (Wildman–Crippen LogP) is 4.08. The maximum Gasteiger partial charge on any atom is 0.252 e. The second kappa shape index (κ2) is 6.75. The van der Waals surface area contributed by atoms with Crippen LogP contribution in [0, 0.1) is 6.92 Å². The molecule has 0 N–H and O–H groups in total. The maximum atomic E-state index is 12.6. The number of rotatable bonds is 5. The van der Waals surface area contributed by atoms with Crippen LogP contribution in [0.5, 0.6) is 0 Å².